The maximum absolute atomic E-state index is 10.1. The highest BCUT2D eigenvalue weighted by atomic mass is 16.3. The zero-order valence-corrected chi connectivity index (χ0v) is 29.3. The predicted octanol–water partition coefficient (Wildman–Crippen LogP) is 14.8. The Bertz CT molecular complexity index is 4720. The fourth-order valence-corrected chi connectivity index (χ4v) is 7.68. The summed E-state index contributed by atoms with van der Waals surface area (Å²) in [6.45, 7) is 0. The lowest BCUT2D eigenvalue weighted by atomic mass is 9.98. The molecule has 0 aliphatic rings. The highest BCUT2D eigenvalue weighted by Gasteiger charge is 2.20. The van der Waals surface area contributed by atoms with E-state index in [1.54, 1.807) is 22.8 Å². The van der Waals surface area contributed by atoms with Gasteiger partial charge >= 0.3 is 0 Å². The van der Waals surface area contributed by atoms with Crippen molar-refractivity contribution in [3.8, 4) is 44.8 Å². The van der Waals surface area contributed by atoms with Gasteiger partial charge in [0.05, 0.1) is 56.5 Å². The lowest BCUT2D eigenvalue weighted by molar-refractivity contribution is 0.666. The van der Waals surface area contributed by atoms with Crippen LogP contribution in [0.5, 0.6) is 0 Å². The van der Waals surface area contributed by atoms with Crippen molar-refractivity contribution < 1.29 is 33.2 Å². The van der Waals surface area contributed by atoms with Gasteiger partial charge in [-0.2, -0.15) is 0 Å². The number of hydrogen-bond donors (Lipinski definition) is 0. The quantitative estimate of drug-likeness (QED) is 0.172. The fraction of sp³-hybridized carbons (Fsp3) is 0. The number of furan rings is 1. The molecule has 0 aliphatic heterocycles. The molecule has 3 nitrogen and oxygen atoms in total. The molecular formula is C54H34N2O. The minimum absolute atomic E-state index is 0.0244. The van der Waals surface area contributed by atoms with Gasteiger partial charge in [-0.05, 0) is 93.9 Å². The van der Waals surface area contributed by atoms with Crippen molar-refractivity contribution in [1.29, 1.82) is 0 Å². The molecule has 0 bridgehead atoms. The fourth-order valence-electron chi connectivity index (χ4n) is 7.68. The summed E-state index contributed by atoms with van der Waals surface area (Å²) >= 11 is 0. The monoisotopic (exact) mass is 747 g/mol. The Balaban J connectivity index is 1.21. The third-order valence-corrected chi connectivity index (χ3v) is 10.2. The van der Waals surface area contributed by atoms with Crippen molar-refractivity contribution in [2.24, 2.45) is 0 Å². The van der Waals surface area contributed by atoms with Crippen LogP contribution in [-0.2, 0) is 0 Å². The summed E-state index contributed by atoms with van der Waals surface area (Å²) in [5.74, 6) is 0. The van der Waals surface area contributed by atoms with Gasteiger partial charge in [-0.3, -0.25) is 0 Å². The zero-order chi connectivity index (χ0) is 55.7. The van der Waals surface area contributed by atoms with Gasteiger partial charge in [-0.25, -0.2) is 0 Å². The summed E-state index contributed by atoms with van der Waals surface area (Å²) in [7, 11) is 0. The van der Waals surface area contributed by atoms with Crippen LogP contribution in [0.3, 0.4) is 0 Å². The Morgan fingerprint density at radius 3 is 2.11 bits per heavy atom. The first-order chi connectivity index (χ1) is 37.0. The van der Waals surface area contributed by atoms with Crippen molar-refractivity contribution in [3.05, 3.63) is 206 Å². The van der Waals surface area contributed by atoms with E-state index < -0.39 is 125 Å². The van der Waals surface area contributed by atoms with Crippen LogP contribution in [0.1, 0.15) is 28.8 Å². The minimum Gasteiger partial charge on any atom is -0.454 e. The first-order valence-corrected chi connectivity index (χ1v) is 17.8. The molecule has 0 amide bonds. The van der Waals surface area contributed by atoms with Crippen LogP contribution >= 0.6 is 0 Å². The second-order valence-corrected chi connectivity index (χ2v) is 13.3. The number of hydrogen-bond acceptors (Lipinski definition) is 1. The van der Waals surface area contributed by atoms with E-state index in [0.717, 1.165) is 17.2 Å². The van der Waals surface area contributed by atoms with E-state index in [2.05, 4.69) is 0 Å². The summed E-state index contributed by atoms with van der Waals surface area (Å²) in [6.07, 6.45) is 0. The average molecular weight is 748 g/mol. The molecule has 12 rings (SSSR count). The van der Waals surface area contributed by atoms with Crippen molar-refractivity contribution in [3.63, 3.8) is 0 Å². The molecule has 0 N–H and O–H groups in total. The molecule has 0 radical (unpaired) electrons. The van der Waals surface area contributed by atoms with Crippen molar-refractivity contribution in [2.75, 3.05) is 0 Å². The first-order valence-electron chi connectivity index (χ1n) is 28.3. The molecule has 3 aromatic heterocycles. The summed E-state index contributed by atoms with van der Waals surface area (Å²) in [4.78, 5) is 0. The summed E-state index contributed by atoms with van der Waals surface area (Å²) in [6, 6.07) is 8.99. The molecule has 0 atom stereocenters. The van der Waals surface area contributed by atoms with E-state index in [9.17, 15) is 12.3 Å². The Kier molecular flexibility index (Phi) is 3.81. The maximum Gasteiger partial charge on any atom is 0.159 e. The summed E-state index contributed by atoms with van der Waals surface area (Å²) in [5, 5.41) is -0.768. The Labute approximate surface area is 358 Å². The normalized spacial score (nSPS) is 17.0. The number of fused-ring (bicyclic) bond motifs is 9. The second-order valence-electron chi connectivity index (χ2n) is 13.3. The van der Waals surface area contributed by atoms with Gasteiger partial charge in [0.15, 0.2) is 5.58 Å². The van der Waals surface area contributed by atoms with E-state index in [1.807, 2.05) is 36.4 Å². The predicted molar refractivity (Wildman–Crippen MR) is 239 cm³/mol. The standard InChI is InChI=1S/C54H34N2O/c1-3-14-35(15-4-1)37-18-11-19-40(32-37)55-48-25-10-8-21-45(48)53-41(22-12-26-50(53)55)39-29-31-49-46(33-39)42-20-7-9-24-47(42)56(49)51-27-13-23-44-43-30-28-38(34-52(43)57-54(44)51)36-16-5-2-6-17-36/h1-34H/i2D,5D,6D,7D,8D,9D,10D,12D,13D,16D,17D,20D,23D,25D,26D,28D,29D,30D,31D,33D,34D. The molecule has 3 heteroatoms. The smallest absolute Gasteiger partial charge is 0.159 e. The summed E-state index contributed by atoms with van der Waals surface area (Å²) in [5.41, 5.74) is -0.809. The van der Waals surface area contributed by atoms with E-state index in [1.165, 1.54) is 22.8 Å². The molecule has 9 aromatic carbocycles. The van der Waals surface area contributed by atoms with E-state index in [-0.39, 0.29) is 94.9 Å². The van der Waals surface area contributed by atoms with E-state index in [0.29, 0.717) is 5.69 Å². The third-order valence-electron chi connectivity index (χ3n) is 10.2. The molecule has 266 valence electrons. The number of aromatic nitrogens is 2. The molecule has 0 saturated carbocycles. The molecule has 0 unspecified atom stereocenters. The number of benzene rings is 9. The Hall–Kier alpha value is -7.62. The van der Waals surface area contributed by atoms with Gasteiger partial charge < -0.3 is 13.6 Å². The van der Waals surface area contributed by atoms with Crippen LogP contribution in [0.15, 0.2) is 210 Å². The van der Waals surface area contributed by atoms with E-state index >= 15 is 0 Å². The average Bonchev–Trinajstić information content (AvgIpc) is 4.15. The second kappa shape index (κ2) is 12.5. The van der Waals surface area contributed by atoms with Crippen LogP contribution in [-0.4, -0.2) is 9.13 Å². The number of para-hydroxylation sites is 3. The molecule has 57 heavy (non-hydrogen) atoms. The SMILES string of the molecule is [2H]c1cc2c(c([2H])c1[2H])c1c([2H])c(-c3cc([2H])c([2H])c4c3c3cc([2H])c([2H])c([2H])c3n4-c3cccc(-c4ccccc4)c3)c([2H])c([2H])c1n2-c1cc([2H])c([2H])c2c1oc1c([2H])c(-c3c([2H])c([2H])c([2H])c([2H])c3[2H])c([2H])c([2H])c12. The van der Waals surface area contributed by atoms with Gasteiger partial charge in [0.25, 0.3) is 0 Å². The maximum atomic E-state index is 10.1. The summed E-state index contributed by atoms with van der Waals surface area (Å²) < 4.78 is 199. The molecule has 0 spiro atoms. The lowest BCUT2D eigenvalue weighted by Gasteiger charge is -2.11. The van der Waals surface area contributed by atoms with Gasteiger partial charge in [0, 0.05) is 38.0 Å². The van der Waals surface area contributed by atoms with Crippen molar-refractivity contribution >= 4 is 65.6 Å². The van der Waals surface area contributed by atoms with Crippen LogP contribution in [0.2, 0.25) is 0 Å². The molecule has 12 aromatic rings. The van der Waals surface area contributed by atoms with Crippen LogP contribution in [0.4, 0.5) is 0 Å². The minimum atomic E-state index is -0.765. The van der Waals surface area contributed by atoms with Gasteiger partial charge in [0.1, 0.15) is 5.58 Å². The highest BCUT2D eigenvalue weighted by Crippen LogP contribution is 2.43. The van der Waals surface area contributed by atoms with Crippen molar-refractivity contribution in [1.82, 2.24) is 9.13 Å². The molecule has 0 fully saturated rings. The molecule has 0 saturated heterocycles. The number of nitrogens with zero attached hydrogens (tertiary/aromatic N) is 2. The van der Waals surface area contributed by atoms with Crippen molar-refractivity contribution in [2.45, 2.75) is 0 Å². The Morgan fingerprint density at radius 1 is 0.404 bits per heavy atom. The molecule has 0 aliphatic carbocycles. The van der Waals surface area contributed by atoms with E-state index in [4.69, 9.17) is 20.9 Å². The molecule has 3 heterocycles. The largest absolute Gasteiger partial charge is 0.454 e. The van der Waals surface area contributed by atoms with Crippen LogP contribution in [0.25, 0.3) is 110 Å². The van der Waals surface area contributed by atoms with Gasteiger partial charge in [-0.1, -0.05) is 145 Å². The third kappa shape index (κ3) is 4.86. The molecular weight excluding hydrogens is 693 g/mol. The van der Waals surface area contributed by atoms with Crippen LogP contribution < -0.4 is 0 Å². The highest BCUT2D eigenvalue weighted by molar-refractivity contribution is 6.18. The lowest BCUT2D eigenvalue weighted by Crippen LogP contribution is -1.94. The Morgan fingerprint density at radius 2 is 1.18 bits per heavy atom. The van der Waals surface area contributed by atoms with Gasteiger partial charge in [-0.15, -0.1) is 0 Å². The van der Waals surface area contributed by atoms with Crippen LogP contribution in [0, 0.1) is 0 Å². The zero-order valence-electron chi connectivity index (χ0n) is 50.3. The number of rotatable bonds is 5. The topological polar surface area (TPSA) is 23.0 Å². The van der Waals surface area contributed by atoms with Gasteiger partial charge in [0.2, 0.25) is 0 Å². The first kappa shape index (κ1) is 17.5.